The second-order valence-corrected chi connectivity index (χ2v) is 12.3. The second-order valence-electron chi connectivity index (χ2n) is 12.3. The summed E-state index contributed by atoms with van der Waals surface area (Å²) in [5, 5.41) is 11.4. The Bertz CT molecular complexity index is 1960. The predicted molar refractivity (Wildman–Crippen MR) is 172 cm³/mol. The van der Waals surface area contributed by atoms with Crippen LogP contribution in [0.3, 0.4) is 0 Å². The van der Waals surface area contributed by atoms with Crippen LogP contribution in [0.25, 0.3) is 0 Å². The van der Waals surface area contributed by atoms with Crippen molar-refractivity contribution < 1.29 is 29.1 Å². The molecule has 4 aliphatic rings. The van der Waals surface area contributed by atoms with Gasteiger partial charge in [0, 0.05) is 39.3 Å². The smallest absolute Gasteiger partial charge is 0.238 e. The molecule has 1 fully saturated rings. The normalized spacial score (nSPS) is 23.8. The molecule has 46 heavy (non-hydrogen) atoms. The van der Waals surface area contributed by atoms with Crippen LogP contribution in [0.2, 0.25) is 0 Å². The van der Waals surface area contributed by atoms with Crippen LogP contribution < -0.4 is 4.90 Å². The molecule has 1 N–H and O–H groups in total. The van der Waals surface area contributed by atoms with Gasteiger partial charge in [-0.15, -0.1) is 6.58 Å². The summed E-state index contributed by atoms with van der Waals surface area (Å²) in [7, 11) is 0. The third kappa shape index (κ3) is 4.45. The van der Waals surface area contributed by atoms with Gasteiger partial charge in [-0.25, -0.2) is 0 Å². The quantitative estimate of drug-likeness (QED) is 0.159. The molecule has 0 spiro atoms. The molecule has 1 aliphatic heterocycles. The van der Waals surface area contributed by atoms with Crippen molar-refractivity contribution in [2.75, 3.05) is 4.90 Å². The Morgan fingerprint density at radius 3 is 2.35 bits per heavy atom. The number of imide groups is 1. The number of phenols is 1. The molecule has 1 saturated heterocycles. The van der Waals surface area contributed by atoms with Gasteiger partial charge in [-0.05, 0) is 68.0 Å². The van der Waals surface area contributed by atoms with Gasteiger partial charge in [0.25, 0.3) is 0 Å². The summed E-state index contributed by atoms with van der Waals surface area (Å²) in [5.41, 5.74) is 4.25. The highest BCUT2D eigenvalue weighted by atomic mass is 16.3. The van der Waals surface area contributed by atoms with Gasteiger partial charge >= 0.3 is 0 Å². The molecule has 228 valence electrons. The molecule has 7 heteroatoms. The minimum atomic E-state index is -0.747. The van der Waals surface area contributed by atoms with Crippen LogP contribution in [0.5, 0.6) is 5.75 Å². The van der Waals surface area contributed by atoms with Crippen molar-refractivity contribution in [1.82, 2.24) is 0 Å². The first-order chi connectivity index (χ1) is 22.2. The van der Waals surface area contributed by atoms with Crippen LogP contribution in [0.1, 0.15) is 52.7 Å². The number of rotatable bonds is 6. The van der Waals surface area contributed by atoms with E-state index in [-0.39, 0.29) is 47.8 Å². The summed E-state index contributed by atoms with van der Waals surface area (Å²) in [5.74, 6) is -4.03. The number of nitrogens with zero attached hydrogens (tertiary/aromatic N) is 1. The molecule has 3 aliphatic carbocycles. The first-order valence-corrected chi connectivity index (χ1v) is 15.4. The number of hydrogen-bond acceptors (Lipinski definition) is 6. The molecule has 2 amide bonds. The zero-order valence-electron chi connectivity index (χ0n) is 25.2. The van der Waals surface area contributed by atoms with Gasteiger partial charge in [-0.1, -0.05) is 66.3 Å². The van der Waals surface area contributed by atoms with Crippen molar-refractivity contribution >= 4 is 34.9 Å². The fourth-order valence-electron chi connectivity index (χ4n) is 7.65. The van der Waals surface area contributed by atoms with Crippen LogP contribution in [0, 0.1) is 17.8 Å². The maximum atomic E-state index is 14.2. The summed E-state index contributed by atoms with van der Waals surface area (Å²) in [4.78, 5) is 69.3. The lowest BCUT2D eigenvalue weighted by Gasteiger charge is -2.42. The Labute approximate surface area is 266 Å². The van der Waals surface area contributed by atoms with Crippen LogP contribution >= 0.6 is 0 Å². The number of ketones is 3. The summed E-state index contributed by atoms with van der Waals surface area (Å²) in [6, 6.07) is 20.7. The standard InChI is InChI=1S/C39H31NO6/c1-3-8-22-11-7-12-27(37(22)44)32-26-17-18-28-33(29(26)20-30-31(41)19-21(2)35(42)34(30)32)39(46)40(38(28)45)25-15-13-24(14-16-25)36(43)23-9-5-4-6-10-23/h3-7,9-17,19,28-29,32-33,44H,1,8,18,20H2,2H3/t28-,29+,32+,33-/m0/s1. The number of anilines is 1. The molecule has 0 saturated carbocycles. The molecule has 7 nitrogen and oxygen atoms in total. The zero-order chi connectivity index (χ0) is 32.3. The third-order valence-electron chi connectivity index (χ3n) is 9.81. The Hall–Kier alpha value is -5.43. The van der Waals surface area contributed by atoms with Crippen LogP contribution in [0.15, 0.2) is 120 Å². The SMILES string of the molecule is C=CCc1cccc([C@H]2C3=CC[C@@H]4C(=O)N(c5ccc(C(=O)c6ccccc6)cc5)C(=O)[C@@H]4[C@@H]3CC3=C2C(=O)C(C)=CC3=O)c1O. The molecule has 4 atom stereocenters. The largest absolute Gasteiger partial charge is 0.507 e. The summed E-state index contributed by atoms with van der Waals surface area (Å²) >= 11 is 0. The second kappa shape index (κ2) is 11.2. The molecule has 0 bridgehead atoms. The number of carbonyl (C=O) groups is 5. The van der Waals surface area contributed by atoms with E-state index in [2.05, 4.69) is 6.58 Å². The van der Waals surface area contributed by atoms with E-state index in [4.69, 9.17) is 0 Å². The number of carbonyl (C=O) groups excluding carboxylic acids is 5. The molecule has 0 radical (unpaired) electrons. The monoisotopic (exact) mass is 609 g/mol. The van der Waals surface area contributed by atoms with Crippen molar-refractivity contribution in [2.45, 2.75) is 32.1 Å². The van der Waals surface area contributed by atoms with Gasteiger partial charge in [0.15, 0.2) is 17.3 Å². The highest BCUT2D eigenvalue weighted by Gasteiger charge is 2.56. The number of amides is 2. The molecular formula is C39H31NO6. The number of phenolic OH excluding ortho intramolecular Hbond substituents is 1. The van der Waals surface area contributed by atoms with Crippen LogP contribution in [-0.4, -0.2) is 34.3 Å². The molecule has 7 rings (SSSR count). The highest BCUT2D eigenvalue weighted by molar-refractivity contribution is 6.25. The van der Waals surface area contributed by atoms with E-state index in [9.17, 15) is 29.1 Å². The van der Waals surface area contributed by atoms with E-state index in [1.807, 2.05) is 12.1 Å². The van der Waals surface area contributed by atoms with E-state index < -0.39 is 23.7 Å². The number of aromatic hydroxyl groups is 1. The third-order valence-corrected chi connectivity index (χ3v) is 9.81. The van der Waals surface area contributed by atoms with Gasteiger partial charge < -0.3 is 5.11 Å². The van der Waals surface area contributed by atoms with Crippen molar-refractivity contribution in [3.05, 3.63) is 142 Å². The van der Waals surface area contributed by atoms with E-state index >= 15 is 0 Å². The Kier molecular flexibility index (Phi) is 7.12. The highest BCUT2D eigenvalue weighted by Crippen LogP contribution is 2.56. The number of fused-ring (bicyclic) bond motifs is 3. The number of para-hydroxylation sites is 1. The minimum absolute atomic E-state index is 0.0240. The van der Waals surface area contributed by atoms with Crippen molar-refractivity contribution in [3.63, 3.8) is 0 Å². The zero-order valence-corrected chi connectivity index (χ0v) is 25.2. The summed E-state index contributed by atoms with van der Waals surface area (Å²) in [6.07, 6.45) is 5.80. The first-order valence-electron chi connectivity index (χ1n) is 15.4. The van der Waals surface area contributed by atoms with E-state index in [0.717, 1.165) is 5.57 Å². The maximum absolute atomic E-state index is 14.2. The van der Waals surface area contributed by atoms with Crippen molar-refractivity contribution in [1.29, 1.82) is 0 Å². The number of allylic oxidation sites excluding steroid dienone is 7. The number of Topliss-reactive ketones (excluding diaryl/α,β-unsaturated/α-hetero) is 1. The van der Waals surface area contributed by atoms with Crippen LogP contribution in [0.4, 0.5) is 5.69 Å². The lowest BCUT2D eigenvalue weighted by atomic mass is 9.59. The molecule has 0 aromatic heterocycles. The van der Waals surface area contributed by atoms with E-state index in [1.165, 1.54) is 11.0 Å². The summed E-state index contributed by atoms with van der Waals surface area (Å²) < 4.78 is 0. The fourth-order valence-corrected chi connectivity index (χ4v) is 7.65. The van der Waals surface area contributed by atoms with Crippen molar-refractivity contribution in [3.8, 4) is 5.75 Å². The molecule has 3 aromatic carbocycles. The molecule has 0 unspecified atom stereocenters. The predicted octanol–water partition coefficient (Wildman–Crippen LogP) is 5.99. The first kappa shape index (κ1) is 29.3. The average molecular weight is 610 g/mol. The topological polar surface area (TPSA) is 109 Å². The Morgan fingerprint density at radius 1 is 0.913 bits per heavy atom. The van der Waals surface area contributed by atoms with Gasteiger partial charge in [-0.3, -0.25) is 28.9 Å². The minimum Gasteiger partial charge on any atom is -0.507 e. The van der Waals surface area contributed by atoms with Gasteiger partial charge in [0.1, 0.15) is 5.75 Å². The van der Waals surface area contributed by atoms with Gasteiger partial charge in [0.05, 0.1) is 17.5 Å². The Morgan fingerprint density at radius 2 is 1.63 bits per heavy atom. The number of benzene rings is 3. The van der Waals surface area contributed by atoms with E-state index in [1.54, 1.807) is 79.7 Å². The van der Waals surface area contributed by atoms with E-state index in [0.29, 0.717) is 51.1 Å². The van der Waals surface area contributed by atoms with Crippen LogP contribution in [-0.2, 0) is 25.6 Å². The lowest BCUT2D eigenvalue weighted by molar-refractivity contribution is -0.123. The molecule has 3 aromatic rings. The maximum Gasteiger partial charge on any atom is 0.238 e. The Balaban J connectivity index is 1.27. The lowest BCUT2D eigenvalue weighted by Crippen LogP contribution is -2.39. The van der Waals surface area contributed by atoms with Gasteiger partial charge in [-0.2, -0.15) is 0 Å². The van der Waals surface area contributed by atoms with Gasteiger partial charge in [0.2, 0.25) is 11.8 Å². The number of hydrogen-bond donors (Lipinski definition) is 1. The molecule has 1 heterocycles. The van der Waals surface area contributed by atoms with Crippen molar-refractivity contribution in [2.24, 2.45) is 17.8 Å². The average Bonchev–Trinajstić information content (AvgIpc) is 3.33. The fraction of sp³-hybridized carbons (Fsp3) is 0.205. The summed E-state index contributed by atoms with van der Waals surface area (Å²) in [6.45, 7) is 5.40. The molecular weight excluding hydrogens is 578 g/mol.